The van der Waals surface area contributed by atoms with Gasteiger partial charge in [-0.2, -0.15) is 0 Å². The van der Waals surface area contributed by atoms with Crippen LogP contribution >= 0.6 is 0 Å². The van der Waals surface area contributed by atoms with Gasteiger partial charge in [-0.15, -0.1) is 5.10 Å². The summed E-state index contributed by atoms with van der Waals surface area (Å²) in [7, 11) is 0. The molecule has 1 aromatic heterocycles. The van der Waals surface area contributed by atoms with Gasteiger partial charge in [-0.3, -0.25) is 0 Å². The summed E-state index contributed by atoms with van der Waals surface area (Å²) in [6, 6.07) is 0.581. The Kier molecular flexibility index (Phi) is 13.9. The first kappa shape index (κ1) is 29.7. The molecule has 0 radical (unpaired) electrons. The molecule has 3 heteroatoms. The molecule has 36 heavy (non-hydrogen) atoms. The summed E-state index contributed by atoms with van der Waals surface area (Å²) < 4.78 is 2.45. The molecule has 1 fully saturated rings. The van der Waals surface area contributed by atoms with Crippen LogP contribution in [0.1, 0.15) is 174 Å². The highest BCUT2D eigenvalue weighted by Crippen LogP contribution is 2.56. The summed E-state index contributed by atoms with van der Waals surface area (Å²) in [4.78, 5) is 0. The zero-order valence-corrected chi connectivity index (χ0v) is 24.8. The van der Waals surface area contributed by atoms with Gasteiger partial charge in [0.15, 0.2) is 0 Å². The summed E-state index contributed by atoms with van der Waals surface area (Å²) >= 11 is 0. The van der Waals surface area contributed by atoms with Crippen LogP contribution < -0.4 is 0 Å². The van der Waals surface area contributed by atoms with E-state index < -0.39 is 0 Å². The van der Waals surface area contributed by atoms with Crippen LogP contribution in [0.5, 0.6) is 0 Å². The van der Waals surface area contributed by atoms with Crippen LogP contribution in [0, 0.1) is 23.7 Å². The second kappa shape index (κ2) is 16.9. The number of fused-ring (bicyclic) bond motifs is 2. The summed E-state index contributed by atoms with van der Waals surface area (Å²) in [6.45, 7) is 9.48. The maximum Gasteiger partial charge on any atom is 0.0859 e. The predicted octanol–water partition coefficient (Wildman–Crippen LogP) is 10.3. The number of rotatable bonds is 20. The van der Waals surface area contributed by atoms with Gasteiger partial charge in [-0.25, -0.2) is 4.68 Å². The first-order chi connectivity index (χ1) is 17.7. The molecule has 4 unspecified atom stereocenters. The lowest BCUT2D eigenvalue weighted by Gasteiger charge is -2.21. The van der Waals surface area contributed by atoms with Crippen molar-refractivity contribution in [2.24, 2.45) is 23.7 Å². The molecule has 1 heterocycles. The molecule has 2 aliphatic carbocycles. The van der Waals surface area contributed by atoms with E-state index in [1.54, 1.807) is 0 Å². The summed E-state index contributed by atoms with van der Waals surface area (Å²) in [6.07, 6.45) is 30.1. The average Bonchev–Trinajstić information content (AvgIpc) is 3.33. The fraction of sp³-hybridized carbons (Fsp3) is 0.939. The molecule has 0 aliphatic heterocycles. The van der Waals surface area contributed by atoms with Crippen LogP contribution in [-0.2, 0) is 12.8 Å². The lowest BCUT2D eigenvalue weighted by atomic mass is 9.95. The smallest absolute Gasteiger partial charge is 0.0859 e. The Morgan fingerprint density at radius 2 is 1.22 bits per heavy atom. The van der Waals surface area contributed by atoms with Gasteiger partial charge in [-0.1, -0.05) is 129 Å². The third-order valence-corrected chi connectivity index (χ3v) is 9.66. The van der Waals surface area contributed by atoms with Crippen LogP contribution in [0.3, 0.4) is 0 Å². The van der Waals surface area contributed by atoms with Crippen LogP contribution in [0.4, 0.5) is 0 Å². The number of unbranched alkanes of at least 4 members (excludes halogenated alkanes) is 11. The molecule has 2 aliphatic rings. The second-order valence-electron chi connectivity index (χ2n) is 12.7. The van der Waals surface area contributed by atoms with Crippen molar-refractivity contribution in [3.8, 4) is 0 Å². The molecular weight excluding hydrogens is 438 g/mol. The van der Waals surface area contributed by atoms with Gasteiger partial charge in [0, 0.05) is 0 Å². The van der Waals surface area contributed by atoms with E-state index in [4.69, 9.17) is 10.3 Å². The van der Waals surface area contributed by atoms with E-state index in [1.165, 1.54) is 153 Å². The second-order valence-corrected chi connectivity index (χ2v) is 12.7. The van der Waals surface area contributed by atoms with E-state index in [0.717, 1.165) is 23.7 Å². The van der Waals surface area contributed by atoms with Crippen LogP contribution in [0.2, 0.25) is 0 Å². The molecule has 208 valence electrons. The van der Waals surface area contributed by atoms with Crippen LogP contribution in [0.25, 0.3) is 0 Å². The van der Waals surface area contributed by atoms with Crippen molar-refractivity contribution >= 4 is 0 Å². The number of hydrogen-bond acceptors (Lipinski definition) is 2. The first-order valence-electron chi connectivity index (χ1n) is 16.6. The molecule has 1 saturated carbocycles. The zero-order chi connectivity index (χ0) is 25.6. The predicted molar refractivity (Wildman–Crippen MR) is 155 cm³/mol. The highest BCUT2D eigenvalue weighted by molar-refractivity contribution is 5.16. The average molecular weight is 500 g/mol. The Morgan fingerprint density at radius 1 is 0.694 bits per heavy atom. The monoisotopic (exact) mass is 499 g/mol. The van der Waals surface area contributed by atoms with Gasteiger partial charge in [-0.05, 0) is 68.6 Å². The molecule has 3 rings (SSSR count). The van der Waals surface area contributed by atoms with Crippen molar-refractivity contribution in [2.45, 2.75) is 175 Å². The summed E-state index contributed by atoms with van der Waals surface area (Å²) in [5.74, 6) is 3.89. The fourth-order valence-corrected chi connectivity index (χ4v) is 7.29. The number of aryl methyl sites for hydroxylation is 1. The van der Waals surface area contributed by atoms with E-state index in [0.29, 0.717) is 6.04 Å². The van der Waals surface area contributed by atoms with Gasteiger partial charge in [0.2, 0.25) is 0 Å². The fourth-order valence-electron chi connectivity index (χ4n) is 7.29. The number of aromatic nitrogens is 3. The van der Waals surface area contributed by atoms with Crippen LogP contribution in [0.15, 0.2) is 0 Å². The Labute approximate surface area is 225 Å². The van der Waals surface area contributed by atoms with Crippen molar-refractivity contribution in [3.05, 3.63) is 11.4 Å². The number of hydrogen-bond donors (Lipinski definition) is 0. The summed E-state index contributed by atoms with van der Waals surface area (Å²) in [5.41, 5.74) is 2.88. The minimum atomic E-state index is 0.581. The maximum atomic E-state index is 4.83. The molecule has 0 amide bonds. The van der Waals surface area contributed by atoms with Crippen molar-refractivity contribution in [1.82, 2.24) is 15.0 Å². The maximum absolute atomic E-state index is 4.83. The highest BCUT2D eigenvalue weighted by Gasteiger charge is 2.49. The topological polar surface area (TPSA) is 30.7 Å². The first-order valence-corrected chi connectivity index (χ1v) is 16.6. The largest absolute Gasteiger partial charge is 0.246 e. The molecule has 3 nitrogen and oxygen atoms in total. The Hall–Kier alpha value is -0.860. The van der Waals surface area contributed by atoms with E-state index in [9.17, 15) is 0 Å². The minimum absolute atomic E-state index is 0.581. The summed E-state index contributed by atoms with van der Waals surface area (Å²) in [5, 5.41) is 9.64. The zero-order valence-electron chi connectivity index (χ0n) is 24.8. The van der Waals surface area contributed by atoms with Gasteiger partial charge in [0.05, 0.1) is 17.4 Å². The lowest BCUT2D eigenvalue weighted by molar-refractivity contribution is 0.349. The molecule has 0 bridgehead atoms. The van der Waals surface area contributed by atoms with Crippen molar-refractivity contribution in [2.75, 3.05) is 0 Å². The molecule has 0 saturated heterocycles. The van der Waals surface area contributed by atoms with Gasteiger partial charge in [0.25, 0.3) is 0 Å². The Bertz CT molecular complexity index is 681. The third-order valence-electron chi connectivity index (χ3n) is 9.66. The molecule has 0 aromatic carbocycles. The Morgan fingerprint density at radius 3 is 1.83 bits per heavy atom. The van der Waals surface area contributed by atoms with Gasteiger partial charge >= 0.3 is 0 Å². The van der Waals surface area contributed by atoms with Crippen molar-refractivity contribution in [3.63, 3.8) is 0 Å². The van der Waals surface area contributed by atoms with Gasteiger partial charge < -0.3 is 0 Å². The van der Waals surface area contributed by atoms with Gasteiger partial charge in [0.1, 0.15) is 0 Å². The quantitative estimate of drug-likeness (QED) is 0.167. The van der Waals surface area contributed by atoms with E-state index in [-0.39, 0.29) is 0 Å². The highest BCUT2D eigenvalue weighted by atomic mass is 15.4. The third kappa shape index (κ3) is 9.46. The molecule has 1 aromatic rings. The van der Waals surface area contributed by atoms with E-state index in [2.05, 4.69) is 32.4 Å². The number of nitrogens with zero attached hydrogens (tertiary/aromatic N) is 3. The molecular formula is C33H61N3. The normalized spacial score (nSPS) is 22.2. The van der Waals surface area contributed by atoms with Crippen molar-refractivity contribution < 1.29 is 0 Å². The van der Waals surface area contributed by atoms with E-state index >= 15 is 0 Å². The lowest BCUT2D eigenvalue weighted by Crippen LogP contribution is -2.16. The van der Waals surface area contributed by atoms with Crippen LogP contribution in [-0.4, -0.2) is 15.0 Å². The minimum Gasteiger partial charge on any atom is -0.246 e. The molecule has 0 N–H and O–H groups in total. The SMILES string of the molecule is CCCCCCCC(CCCCCCC)n1nnc2c1CCC1C(CC2)C1CC(C)CCCCCC. The standard InChI is InChI=1S/C33H61N3/c1-5-8-11-14-17-20-28(21-18-15-12-9-6-2)36-33-25-23-30-29(22-24-32(33)34-35-36)31(30)26-27(4)19-16-13-10-7-3/h27-31H,5-26H2,1-4H3. The van der Waals surface area contributed by atoms with E-state index in [1.807, 2.05) is 0 Å². The van der Waals surface area contributed by atoms with Crippen molar-refractivity contribution in [1.29, 1.82) is 0 Å². The Balaban J connectivity index is 1.53. The molecule has 4 atom stereocenters. The molecule has 0 spiro atoms.